The van der Waals surface area contributed by atoms with E-state index in [1.807, 2.05) is 23.1 Å². The molecule has 0 radical (unpaired) electrons. The molecular formula is C15H21N3S. The number of hydrogen-bond donors (Lipinski definition) is 1. The van der Waals surface area contributed by atoms with E-state index in [9.17, 15) is 0 Å². The lowest BCUT2D eigenvalue weighted by molar-refractivity contribution is 0.695. The van der Waals surface area contributed by atoms with Crippen LogP contribution in [0, 0.1) is 0 Å². The van der Waals surface area contributed by atoms with Gasteiger partial charge in [0.15, 0.2) is 0 Å². The quantitative estimate of drug-likeness (QED) is 0.909. The highest BCUT2D eigenvalue weighted by molar-refractivity contribution is 7.12. The number of hydrogen-bond acceptors (Lipinski definition) is 3. The third kappa shape index (κ3) is 2.74. The van der Waals surface area contributed by atoms with Crippen molar-refractivity contribution >= 4 is 11.3 Å². The van der Waals surface area contributed by atoms with Gasteiger partial charge >= 0.3 is 0 Å². The SMILES string of the molecule is CCc1nn(C)cc1CNCc1cc2c(s1)CCC2. The fraction of sp³-hybridized carbons (Fsp3) is 0.533. The largest absolute Gasteiger partial charge is 0.308 e. The van der Waals surface area contributed by atoms with Crippen molar-refractivity contribution in [2.24, 2.45) is 7.05 Å². The Hall–Kier alpha value is -1.13. The number of nitrogens with one attached hydrogen (secondary N) is 1. The van der Waals surface area contributed by atoms with Crippen molar-refractivity contribution < 1.29 is 0 Å². The normalized spacial score (nSPS) is 14.0. The molecule has 1 aliphatic carbocycles. The fourth-order valence-electron chi connectivity index (χ4n) is 2.83. The summed E-state index contributed by atoms with van der Waals surface area (Å²) in [4.78, 5) is 3.10. The van der Waals surface area contributed by atoms with Gasteiger partial charge < -0.3 is 5.32 Å². The molecule has 0 amide bonds. The fourth-order valence-corrected chi connectivity index (χ4v) is 4.06. The number of fused-ring (bicyclic) bond motifs is 1. The molecule has 0 atom stereocenters. The van der Waals surface area contributed by atoms with Gasteiger partial charge in [-0.2, -0.15) is 5.10 Å². The Morgan fingerprint density at radius 1 is 1.37 bits per heavy atom. The highest BCUT2D eigenvalue weighted by Crippen LogP contribution is 2.30. The molecule has 4 heteroatoms. The molecular weight excluding hydrogens is 254 g/mol. The van der Waals surface area contributed by atoms with E-state index in [1.165, 1.54) is 35.4 Å². The summed E-state index contributed by atoms with van der Waals surface area (Å²) in [7, 11) is 1.99. The smallest absolute Gasteiger partial charge is 0.0666 e. The second kappa shape index (κ2) is 5.47. The number of nitrogens with zero attached hydrogens (tertiary/aromatic N) is 2. The highest BCUT2D eigenvalue weighted by Gasteiger charge is 2.14. The predicted molar refractivity (Wildman–Crippen MR) is 79.5 cm³/mol. The van der Waals surface area contributed by atoms with Crippen molar-refractivity contribution in [3.05, 3.63) is 38.8 Å². The van der Waals surface area contributed by atoms with E-state index in [0.717, 1.165) is 19.5 Å². The average Bonchev–Trinajstić information content (AvgIpc) is 3.03. The lowest BCUT2D eigenvalue weighted by Crippen LogP contribution is -2.12. The van der Waals surface area contributed by atoms with E-state index in [1.54, 1.807) is 10.4 Å². The molecule has 1 N–H and O–H groups in total. The van der Waals surface area contributed by atoms with E-state index >= 15 is 0 Å². The number of thiophene rings is 1. The Morgan fingerprint density at radius 2 is 2.26 bits per heavy atom. The van der Waals surface area contributed by atoms with E-state index in [0.29, 0.717) is 0 Å². The summed E-state index contributed by atoms with van der Waals surface area (Å²) in [5, 5.41) is 8.03. The maximum absolute atomic E-state index is 4.47. The van der Waals surface area contributed by atoms with Crippen LogP contribution in [0.15, 0.2) is 12.3 Å². The minimum Gasteiger partial charge on any atom is -0.308 e. The Labute approximate surface area is 118 Å². The summed E-state index contributed by atoms with van der Waals surface area (Å²) in [6.07, 6.45) is 7.06. The lowest BCUT2D eigenvalue weighted by Gasteiger charge is -2.02. The molecule has 0 saturated carbocycles. The molecule has 0 fully saturated rings. The van der Waals surface area contributed by atoms with Crippen LogP contribution in [0.1, 0.15) is 39.9 Å². The van der Waals surface area contributed by atoms with Gasteiger partial charge in [0, 0.05) is 41.7 Å². The Morgan fingerprint density at radius 3 is 3.05 bits per heavy atom. The summed E-state index contributed by atoms with van der Waals surface area (Å²) < 4.78 is 1.91. The van der Waals surface area contributed by atoms with Crippen LogP contribution >= 0.6 is 11.3 Å². The first-order valence-corrected chi connectivity index (χ1v) is 7.90. The Balaban J connectivity index is 1.57. The molecule has 3 nitrogen and oxygen atoms in total. The van der Waals surface area contributed by atoms with Crippen LogP contribution < -0.4 is 5.32 Å². The van der Waals surface area contributed by atoms with Gasteiger partial charge in [0.25, 0.3) is 0 Å². The second-order valence-electron chi connectivity index (χ2n) is 5.25. The van der Waals surface area contributed by atoms with Gasteiger partial charge in [-0.25, -0.2) is 0 Å². The molecule has 0 saturated heterocycles. The van der Waals surface area contributed by atoms with Crippen molar-refractivity contribution in [3.63, 3.8) is 0 Å². The minimum absolute atomic E-state index is 0.916. The molecule has 0 aromatic carbocycles. The van der Waals surface area contributed by atoms with E-state index < -0.39 is 0 Å². The van der Waals surface area contributed by atoms with Crippen LogP contribution in [0.2, 0.25) is 0 Å². The van der Waals surface area contributed by atoms with Gasteiger partial charge in [-0.3, -0.25) is 4.68 Å². The number of rotatable bonds is 5. The summed E-state index contributed by atoms with van der Waals surface area (Å²) in [6, 6.07) is 2.39. The molecule has 0 unspecified atom stereocenters. The molecule has 0 bridgehead atoms. The van der Waals surface area contributed by atoms with E-state index in [2.05, 4.69) is 29.6 Å². The molecule has 2 aromatic rings. The van der Waals surface area contributed by atoms with Gasteiger partial charge in [-0.15, -0.1) is 11.3 Å². The summed E-state index contributed by atoms with van der Waals surface area (Å²) in [5.41, 5.74) is 4.13. The van der Waals surface area contributed by atoms with Crippen molar-refractivity contribution in [3.8, 4) is 0 Å². The zero-order valence-electron chi connectivity index (χ0n) is 11.7. The zero-order valence-corrected chi connectivity index (χ0v) is 12.5. The topological polar surface area (TPSA) is 29.9 Å². The Kier molecular flexibility index (Phi) is 3.71. The first-order valence-electron chi connectivity index (χ1n) is 7.09. The minimum atomic E-state index is 0.916. The van der Waals surface area contributed by atoms with Crippen LogP contribution in [0.3, 0.4) is 0 Å². The van der Waals surface area contributed by atoms with Crippen LogP contribution in [-0.4, -0.2) is 9.78 Å². The van der Waals surface area contributed by atoms with Crippen molar-refractivity contribution in [2.75, 3.05) is 0 Å². The Bertz CT molecular complexity index is 546. The monoisotopic (exact) mass is 275 g/mol. The summed E-state index contributed by atoms with van der Waals surface area (Å²) in [5.74, 6) is 0. The number of aromatic nitrogens is 2. The van der Waals surface area contributed by atoms with Gasteiger partial charge in [0.2, 0.25) is 0 Å². The first kappa shape index (κ1) is 12.9. The molecule has 1 aliphatic rings. The maximum Gasteiger partial charge on any atom is 0.0666 e. The van der Waals surface area contributed by atoms with Crippen LogP contribution in [0.5, 0.6) is 0 Å². The third-order valence-corrected chi connectivity index (χ3v) is 4.98. The van der Waals surface area contributed by atoms with Gasteiger partial charge in [0.05, 0.1) is 5.69 Å². The van der Waals surface area contributed by atoms with Gasteiger partial charge in [-0.05, 0) is 37.3 Å². The van der Waals surface area contributed by atoms with Crippen LogP contribution in [0.4, 0.5) is 0 Å². The van der Waals surface area contributed by atoms with Crippen LogP contribution in [0.25, 0.3) is 0 Å². The predicted octanol–water partition coefficient (Wildman–Crippen LogP) is 2.82. The molecule has 0 aliphatic heterocycles. The maximum atomic E-state index is 4.47. The highest BCUT2D eigenvalue weighted by atomic mass is 32.1. The van der Waals surface area contributed by atoms with Crippen molar-refractivity contribution in [1.29, 1.82) is 0 Å². The third-order valence-electron chi connectivity index (χ3n) is 3.74. The van der Waals surface area contributed by atoms with Gasteiger partial charge in [0.1, 0.15) is 0 Å². The summed E-state index contributed by atoms with van der Waals surface area (Å²) in [6.45, 7) is 4.06. The second-order valence-corrected chi connectivity index (χ2v) is 6.47. The van der Waals surface area contributed by atoms with Crippen molar-refractivity contribution in [2.45, 2.75) is 45.7 Å². The lowest BCUT2D eigenvalue weighted by atomic mass is 10.2. The molecule has 102 valence electrons. The average molecular weight is 275 g/mol. The standard InChI is InChI=1S/C15H21N3S/c1-3-14-12(10-18(2)17-14)8-16-9-13-7-11-5-4-6-15(11)19-13/h7,10,16H,3-6,8-9H2,1-2H3. The zero-order chi connectivity index (χ0) is 13.2. The number of aryl methyl sites for hydroxylation is 4. The van der Waals surface area contributed by atoms with E-state index in [-0.39, 0.29) is 0 Å². The molecule has 0 spiro atoms. The molecule has 3 rings (SSSR count). The molecule has 2 heterocycles. The first-order chi connectivity index (χ1) is 9.26. The van der Waals surface area contributed by atoms with Crippen molar-refractivity contribution in [1.82, 2.24) is 15.1 Å². The van der Waals surface area contributed by atoms with Gasteiger partial charge in [-0.1, -0.05) is 6.92 Å². The van der Waals surface area contributed by atoms with Crippen LogP contribution in [-0.2, 0) is 39.4 Å². The van der Waals surface area contributed by atoms with E-state index in [4.69, 9.17) is 0 Å². The summed E-state index contributed by atoms with van der Waals surface area (Å²) >= 11 is 1.99. The molecule has 2 aromatic heterocycles. The molecule has 19 heavy (non-hydrogen) atoms.